The molecule has 5 heterocycles. The predicted molar refractivity (Wildman–Crippen MR) is 188 cm³/mol. The summed E-state index contributed by atoms with van der Waals surface area (Å²) in [5, 5.41) is 15.1. The molecule has 11 heteroatoms. The summed E-state index contributed by atoms with van der Waals surface area (Å²) in [6.45, 7) is 8.57. The van der Waals surface area contributed by atoms with Crippen LogP contribution in [0.15, 0.2) is 109 Å². The van der Waals surface area contributed by atoms with Gasteiger partial charge >= 0.3 is 0 Å². The molecule has 2 aromatic carbocycles. The van der Waals surface area contributed by atoms with Crippen molar-refractivity contribution < 1.29 is 13.5 Å². The van der Waals surface area contributed by atoms with Crippen LogP contribution in [0.4, 0.5) is 5.82 Å². The van der Waals surface area contributed by atoms with Gasteiger partial charge in [-0.05, 0) is 56.2 Å². The molecule has 0 spiro atoms. The third kappa shape index (κ3) is 6.62. The molecule has 0 aliphatic carbocycles. The van der Waals surface area contributed by atoms with Gasteiger partial charge in [0.25, 0.3) is 10.0 Å². The number of hydrogen-bond donors (Lipinski definition) is 1. The van der Waals surface area contributed by atoms with Crippen molar-refractivity contribution in [1.29, 1.82) is 0 Å². The average Bonchev–Trinajstić information content (AvgIpc) is 3.73. The number of pyridine rings is 2. The second-order valence-electron chi connectivity index (χ2n) is 12.5. The van der Waals surface area contributed by atoms with E-state index >= 15 is 0 Å². The average molecular weight is 662 g/mol. The molecule has 246 valence electrons. The van der Waals surface area contributed by atoms with Gasteiger partial charge in [0.2, 0.25) is 0 Å². The molecule has 6 aromatic rings. The van der Waals surface area contributed by atoms with Gasteiger partial charge in [0.1, 0.15) is 5.82 Å². The van der Waals surface area contributed by atoms with Crippen LogP contribution in [0.2, 0.25) is 0 Å². The first kappa shape index (κ1) is 31.7. The third-order valence-corrected chi connectivity index (χ3v) is 10.6. The molecule has 0 bridgehead atoms. The molecule has 0 amide bonds. The van der Waals surface area contributed by atoms with Crippen molar-refractivity contribution in [2.75, 3.05) is 37.6 Å². The monoisotopic (exact) mass is 661 g/mol. The van der Waals surface area contributed by atoms with E-state index in [9.17, 15) is 13.5 Å². The van der Waals surface area contributed by atoms with Gasteiger partial charge in [-0.3, -0.25) is 9.58 Å². The summed E-state index contributed by atoms with van der Waals surface area (Å²) in [6, 6.07) is 23.2. The van der Waals surface area contributed by atoms with Gasteiger partial charge in [0.15, 0.2) is 5.65 Å². The van der Waals surface area contributed by atoms with Gasteiger partial charge in [0, 0.05) is 91.7 Å². The fourth-order valence-electron chi connectivity index (χ4n) is 6.26. The normalized spacial score (nSPS) is 14.9. The van der Waals surface area contributed by atoms with Gasteiger partial charge in [-0.1, -0.05) is 48.0 Å². The molecule has 7 rings (SSSR count). The maximum absolute atomic E-state index is 14.0. The molecule has 1 N–H and O–H groups in total. The second-order valence-corrected chi connectivity index (χ2v) is 14.3. The van der Waals surface area contributed by atoms with Crippen molar-refractivity contribution in [2.45, 2.75) is 37.8 Å². The van der Waals surface area contributed by atoms with E-state index in [1.165, 1.54) is 9.54 Å². The molecule has 0 radical (unpaired) electrons. The highest BCUT2D eigenvalue weighted by molar-refractivity contribution is 7.90. The van der Waals surface area contributed by atoms with Gasteiger partial charge in [-0.2, -0.15) is 5.10 Å². The Balaban J connectivity index is 1.22. The summed E-state index contributed by atoms with van der Waals surface area (Å²) in [5.74, 6) is 0.906. The van der Waals surface area contributed by atoms with Gasteiger partial charge in [0.05, 0.1) is 17.2 Å². The Kier molecular flexibility index (Phi) is 8.83. The topological polar surface area (TPSA) is 109 Å². The Hall–Kier alpha value is -4.84. The minimum Gasteiger partial charge on any atom is -0.392 e. The summed E-state index contributed by atoms with van der Waals surface area (Å²) in [6.07, 6.45) is 9.46. The number of aryl methyl sites for hydroxylation is 3. The van der Waals surface area contributed by atoms with Crippen LogP contribution in [0, 0.1) is 6.92 Å². The highest BCUT2D eigenvalue weighted by Crippen LogP contribution is 2.35. The SMILES string of the molecule is Cc1ccc(S(=O)(=O)n2cc(-c3cnn(CCc4ccccc4)c3)c3cc(-c4ccc(N5CCN(C[C@H](C)O)CC5)nc4)cnc32)cc1. The van der Waals surface area contributed by atoms with Crippen LogP contribution in [-0.4, -0.2) is 81.0 Å². The molecule has 1 aliphatic heterocycles. The molecule has 1 atom stereocenters. The van der Waals surface area contributed by atoms with E-state index in [1.807, 2.05) is 67.3 Å². The number of piperazine rings is 1. The lowest BCUT2D eigenvalue weighted by Gasteiger charge is -2.35. The number of aliphatic hydroxyl groups is 1. The first-order valence-electron chi connectivity index (χ1n) is 16.3. The van der Waals surface area contributed by atoms with E-state index in [4.69, 9.17) is 9.97 Å². The number of hydrogen-bond acceptors (Lipinski definition) is 8. The predicted octanol–water partition coefficient (Wildman–Crippen LogP) is 5.25. The smallest absolute Gasteiger partial charge is 0.269 e. The second kappa shape index (κ2) is 13.3. The van der Waals surface area contributed by atoms with Gasteiger partial charge < -0.3 is 10.0 Å². The summed E-state index contributed by atoms with van der Waals surface area (Å²) in [7, 11) is -3.92. The maximum Gasteiger partial charge on any atom is 0.269 e. The van der Waals surface area contributed by atoms with Crippen molar-refractivity contribution in [3.05, 3.63) is 115 Å². The summed E-state index contributed by atoms with van der Waals surface area (Å²) in [5.41, 5.74) is 5.84. The lowest BCUT2D eigenvalue weighted by atomic mass is 10.1. The molecular weight excluding hydrogens is 623 g/mol. The zero-order valence-electron chi connectivity index (χ0n) is 27.1. The molecule has 10 nitrogen and oxygen atoms in total. The van der Waals surface area contributed by atoms with Crippen LogP contribution in [-0.2, 0) is 23.0 Å². The summed E-state index contributed by atoms with van der Waals surface area (Å²) < 4.78 is 31.1. The highest BCUT2D eigenvalue weighted by Gasteiger charge is 2.24. The zero-order chi connectivity index (χ0) is 33.3. The van der Waals surface area contributed by atoms with E-state index in [1.54, 1.807) is 42.9 Å². The van der Waals surface area contributed by atoms with E-state index in [2.05, 4.69) is 27.0 Å². The number of nitrogens with zero attached hydrogens (tertiary/aromatic N) is 7. The number of benzene rings is 2. The van der Waals surface area contributed by atoms with Crippen molar-refractivity contribution in [3.63, 3.8) is 0 Å². The van der Waals surface area contributed by atoms with Crippen molar-refractivity contribution in [3.8, 4) is 22.3 Å². The Morgan fingerprint density at radius 3 is 2.29 bits per heavy atom. The number of fused-ring (bicyclic) bond motifs is 1. The standard InChI is InChI=1S/C37H39N7O3S/c1-27-8-11-33(12-9-27)48(46,47)44-26-35(32-23-40-43(25-32)15-14-29-6-4-3-5-7-29)34-20-31(22-39-37(34)44)30-10-13-36(38-21-30)42-18-16-41(17-19-42)24-28(2)45/h3-13,20-23,25-26,28,45H,14-19,24H2,1-2H3/t28-/m0/s1. The largest absolute Gasteiger partial charge is 0.392 e. The Morgan fingerprint density at radius 1 is 0.833 bits per heavy atom. The molecule has 48 heavy (non-hydrogen) atoms. The quantitative estimate of drug-likeness (QED) is 0.212. The molecular formula is C37H39N7O3S. The van der Waals surface area contributed by atoms with Crippen LogP contribution in [0.5, 0.6) is 0 Å². The number of aromatic nitrogens is 5. The fraction of sp³-hybridized carbons (Fsp3) is 0.270. The minimum atomic E-state index is -3.92. The summed E-state index contributed by atoms with van der Waals surface area (Å²) >= 11 is 0. The maximum atomic E-state index is 14.0. The van der Waals surface area contributed by atoms with Crippen LogP contribution < -0.4 is 4.90 Å². The van der Waals surface area contributed by atoms with E-state index in [0.29, 0.717) is 24.1 Å². The first-order chi connectivity index (χ1) is 23.2. The number of rotatable bonds is 10. The highest BCUT2D eigenvalue weighted by atomic mass is 32.2. The molecule has 1 aliphatic rings. The first-order valence-corrected chi connectivity index (χ1v) is 17.7. The van der Waals surface area contributed by atoms with Crippen LogP contribution in [0.1, 0.15) is 18.1 Å². The Morgan fingerprint density at radius 2 is 1.58 bits per heavy atom. The molecule has 0 unspecified atom stereocenters. The fourth-order valence-corrected chi connectivity index (χ4v) is 7.59. The molecule has 4 aromatic heterocycles. The van der Waals surface area contributed by atoms with Crippen LogP contribution in [0.25, 0.3) is 33.3 Å². The van der Waals surface area contributed by atoms with E-state index < -0.39 is 10.0 Å². The minimum absolute atomic E-state index is 0.201. The van der Waals surface area contributed by atoms with E-state index in [0.717, 1.165) is 66.2 Å². The number of anilines is 1. The lowest BCUT2D eigenvalue weighted by Crippen LogP contribution is -2.48. The van der Waals surface area contributed by atoms with Crippen LogP contribution >= 0.6 is 0 Å². The summed E-state index contributed by atoms with van der Waals surface area (Å²) in [4.78, 5) is 14.2. The zero-order valence-corrected chi connectivity index (χ0v) is 28.0. The Labute approximate surface area is 281 Å². The lowest BCUT2D eigenvalue weighted by molar-refractivity contribution is 0.122. The third-order valence-electron chi connectivity index (χ3n) is 8.91. The van der Waals surface area contributed by atoms with Crippen molar-refractivity contribution in [1.82, 2.24) is 28.6 Å². The van der Waals surface area contributed by atoms with Gasteiger partial charge in [-0.15, -0.1) is 0 Å². The molecule has 0 saturated carbocycles. The number of aliphatic hydroxyl groups excluding tert-OH is 1. The molecule has 1 saturated heterocycles. The number of β-amino-alcohol motifs (C(OH)–C–C–N with tert-alkyl or cyclic N) is 1. The van der Waals surface area contributed by atoms with E-state index in [-0.39, 0.29) is 11.0 Å². The molecule has 1 fully saturated rings. The van der Waals surface area contributed by atoms with Crippen molar-refractivity contribution in [2.24, 2.45) is 0 Å². The van der Waals surface area contributed by atoms with Crippen LogP contribution in [0.3, 0.4) is 0 Å². The van der Waals surface area contributed by atoms with Gasteiger partial charge in [-0.25, -0.2) is 22.4 Å². The van der Waals surface area contributed by atoms with Crippen molar-refractivity contribution >= 4 is 26.9 Å². The Bertz CT molecular complexity index is 2120.